The third-order valence-corrected chi connectivity index (χ3v) is 4.08. The molecule has 21 heavy (non-hydrogen) atoms. The summed E-state index contributed by atoms with van der Waals surface area (Å²) < 4.78 is 2.65. The van der Waals surface area contributed by atoms with Crippen molar-refractivity contribution in [1.82, 2.24) is 14.0 Å². The lowest BCUT2D eigenvalue weighted by Gasteiger charge is -2.36. The topological polar surface area (TPSA) is 70.7 Å². The number of piperazine rings is 1. The van der Waals surface area contributed by atoms with Crippen LogP contribution < -0.4 is 16.1 Å². The molecule has 0 saturated carbocycles. The lowest BCUT2D eigenvalue weighted by atomic mass is 10.2. The number of nitrogens with zero attached hydrogens (tertiary/aromatic N) is 4. The second kappa shape index (κ2) is 6.91. The van der Waals surface area contributed by atoms with Crippen molar-refractivity contribution < 1.29 is 5.11 Å². The van der Waals surface area contributed by atoms with Crippen LogP contribution in [-0.4, -0.2) is 58.5 Å². The fraction of sp³-hybridized carbons (Fsp3) is 0.714. The van der Waals surface area contributed by atoms with Crippen molar-refractivity contribution in [2.45, 2.75) is 12.8 Å². The first-order chi connectivity index (χ1) is 10.0. The van der Waals surface area contributed by atoms with E-state index in [1.807, 2.05) is 0 Å². The predicted octanol–water partition coefficient (Wildman–Crippen LogP) is -1.02. The molecule has 0 unspecified atom stereocenters. The molecule has 1 aliphatic heterocycles. The van der Waals surface area contributed by atoms with Gasteiger partial charge in [0.2, 0.25) is 0 Å². The van der Waals surface area contributed by atoms with E-state index >= 15 is 0 Å². The zero-order valence-electron chi connectivity index (χ0n) is 12.8. The van der Waals surface area contributed by atoms with Gasteiger partial charge in [-0.05, 0) is 19.4 Å². The summed E-state index contributed by atoms with van der Waals surface area (Å²) in [6.45, 7) is 4.67. The van der Waals surface area contributed by atoms with Gasteiger partial charge in [-0.1, -0.05) is 0 Å². The SMILES string of the molecule is Cn1c(N2CCN(CCCCO)CC2)cc(=O)n(C)c1=O. The average molecular weight is 296 g/mol. The Balaban J connectivity index is 2.03. The molecule has 2 heterocycles. The number of unbranched alkanes of at least 4 members (excludes halogenated alkanes) is 1. The second-order valence-electron chi connectivity index (χ2n) is 5.50. The molecule has 2 rings (SSSR count). The van der Waals surface area contributed by atoms with Crippen LogP contribution in [0.5, 0.6) is 0 Å². The molecule has 0 spiro atoms. The molecule has 1 aromatic heterocycles. The number of aromatic nitrogens is 2. The third kappa shape index (κ3) is 3.54. The predicted molar refractivity (Wildman–Crippen MR) is 81.9 cm³/mol. The van der Waals surface area contributed by atoms with Gasteiger partial charge in [0.1, 0.15) is 5.82 Å². The van der Waals surface area contributed by atoms with Crippen LogP contribution in [-0.2, 0) is 14.1 Å². The van der Waals surface area contributed by atoms with Gasteiger partial charge >= 0.3 is 5.69 Å². The first kappa shape index (κ1) is 15.8. The smallest absolute Gasteiger partial charge is 0.332 e. The van der Waals surface area contributed by atoms with Gasteiger partial charge in [0.25, 0.3) is 5.56 Å². The number of anilines is 1. The third-order valence-electron chi connectivity index (χ3n) is 4.08. The van der Waals surface area contributed by atoms with Crippen LogP contribution in [0.2, 0.25) is 0 Å². The van der Waals surface area contributed by atoms with Crippen LogP contribution in [0, 0.1) is 0 Å². The van der Waals surface area contributed by atoms with E-state index in [1.165, 1.54) is 17.7 Å². The van der Waals surface area contributed by atoms with Crippen molar-refractivity contribution in [1.29, 1.82) is 0 Å². The lowest BCUT2D eigenvalue weighted by Crippen LogP contribution is -2.49. The molecule has 1 aliphatic rings. The van der Waals surface area contributed by atoms with Gasteiger partial charge in [0.15, 0.2) is 0 Å². The Morgan fingerprint density at radius 2 is 1.71 bits per heavy atom. The maximum Gasteiger partial charge on any atom is 0.332 e. The van der Waals surface area contributed by atoms with Gasteiger partial charge in [0.05, 0.1) is 0 Å². The number of hydrogen-bond acceptors (Lipinski definition) is 5. The van der Waals surface area contributed by atoms with Crippen LogP contribution in [0.15, 0.2) is 15.7 Å². The Morgan fingerprint density at radius 3 is 2.33 bits per heavy atom. The molecule has 7 heteroatoms. The fourth-order valence-corrected chi connectivity index (χ4v) is 2.67. The molecular weight excluding hydrogens is 272 g/mol. The van der Waals surface area contributed by atoms with Crippen LogP contribution in [0.1, 0.15) is 12.8 Å². The van der Waals surface area contributed by atoms with E-state index in [1.54, 1.807) is 7.05 Å². The Hall–Kier alpha value is -1.60. The summed E-state index contributed by atoms with van der Waals surface area (Å²) in [7, 11) is 3.19. The van der Waals surface area contributed by atoms with Crippen LogP contribution in [0.3, 0.4) is 0 Å². The molecule has 1 fully saturated rings. The van der Waals surface area contributed by atoms with Crippen LogP contribution >= 0.6 is 0 Å². The van der Waals surface area contributed by atoms with E-state index in [-0.39, 0.29) is 17.9 Å². The quantitative estimate of drug-likeness (QED) is 0.704. The highest BCUT2D eigenvalue weighted by Crippen LogP contribution is 2.12. The van der Waals surface area contributed by atoms with E-state index in [9.17, 15) is 9.59 Å². The summed E-state index contributed by atoms with van der Waals surface area (Å²) in [6, 6.07) is 1.53. The zero-order chi connectivity index (χ0) is 15.4. The van der Waals surface area contributed by atoms with Crippen LogP contribution in [0.4, 0.5) is 5.82 Å². The molecule has 0 aromatic carbocycles. The van der Waals surface area contributed by atoms with Crippen molar-refractivity contribution in [3.63, 3.8) is 0 Å². The van der Waals surface area contributed by atoms with Gasteiger partial charge in [-0.25, -0.2) is 4.79 Å². The minimum atomic E-state index is -0.289. The van der Waals surface area contributed by atoms with E-state index in [2.05, 4.69) is 9.80 Å². The van der Waals surface area contributed by atoms with Crippen molar-refractivity contribution in [3.8, 4) is 0 Å². The monoisotopic (exact) mass is 296 g/mol. The maximum absolute atomic E-state index is 12.0. The number of hydrogen-bond donors (Lipinski definition) is 1. The van der Waals surface area contributed by atoms with E-state index in [4.69, 9.17) is 5.11 Å². The van der Waals surface area contributed by atoms with E-state index in [0.29, 0.717) is 5.82 Å². The van der Waals surface area contributed by atoms with E-state index < -0.39 is 0 Å². The average Bonchev–Trinajstić information content (AvgIpc) is 2.50. The number of aliphatic hydroxyl groups excluding tert-OH is 1. The summed E-state index contributed by atoms with van der Waals surface area (Å²) in [6.07, 6.45) is 1.84. The molecule has 1 N–H and O–H groups in total. The molecule has 0 amide bonds. The number of rotatable bonds is 5. The minimum absolute atomic E-state index is 0.245. The summed E-state index contributed by atoms with van der Waals surface area (Å²) >= 11 is 0. The van der Waals surface area contributed by atoms with Crippen molar-refractivity contribution in [2.24, 2.45) is 14.1 Å². The second-order valence-corrected chi connectivity index (χ2v) is 5.50. The highest BCUT2D eigenvalue weighted by molar-refractivity contribution is 5.38. The molecule has 1 aromatic rings. The van der Waals surface area contributed by atoms with Gasteiger partial charge in [0, 0.05) is 52.9 Å². The molecule has 7 nitrogen and oxygen atoms in total. The van der Waals surface area contributed by atoms with Gasteiger partial charge in [-0.3, -0.25) is 18.8 Å². The van der Waals surface area contributed by atoms with Crippen LogP contribution in [0.25, 0.3) is 0 Å². The fourth-order valence-electron chi connectivity index (χ4n) is 2.67. The zero-order valence-corrected chi connectivity index (χ0v) is 12.8. The largest absolute Gasteiger partial charge is 0.396 e. The number of aliphatic hydroxyl groups is 1. The first-order valence-electron chi connectivity index (χ1n) is 7.40. The summed E-state index contributed by atoms with van der Waals surface area (Å²) in [4.78, 5) is 28.2. The molecular formula is C14H24N4O3. The molecule has 1 saturated heterocycles. The molecule has 0 bridgehead atoms. The standard InChI is InChI=1S/C14H24N4O3/c1-15-12(11-13(20)16(2)14(15)21)18-8-6-17(7-9-18)5-3-4-10-19/h11,19H,3-10H2,1-2H3. The van der Waals surface area contributed by atoms with Gasteiger partial charge in [-0.2, -0.15) is 0 Å². The van der Waals surface area contributed by atoms with Crippen molar-refractivity contribution >= 4 is 5.82 Å². The van der Waals surface area contributed by atoms with Gasteiger partial charge < -0.3 is 10.0 Å². The Labute approximate surface area is 124 Å². The maximum atomic E-state index is 12.0. The lowest BCUT2D eigenvalue weighted by molar-refractivity contribution is 0.231. The molecule has 0 atom stereocenters. The summed E-state index contributed by atoms with van der Waals surface area (Å²) in [5, 5.41) is 8.80. The minimum Gasteiger partial charge on any atom is -0.396 e. The summed E-state index contributed by atoms with van der Waals surface area (Å²) in [5.74, 6) is 0.693. The normalized spacial score (nSPS) is 16.4. The Bertz CT molecular complexity index is 585. The highest BCUT2D eigenvalue weighted by atomic mass is 16.3. The Morgan fingerprint density at radius 1 is 1.05 bits per heavy atom. The van der Waals surface area contributed by atoms with Gasteiger partial charge in [-0.15, -0.1) is 0 Å². The summed E-state index contributed by atoms with van der Waals surface area (Å²) in [5.41, 5.74) is -0.554. The van der Waals surface area contributed by atoms with E-state index in [0.717, 1.165) is 50.1 Å². The van der Waals surface area contributed by atoms with Crippen molar-refractivity contribution in [2.75, 3.05) is 44.2 Å². The van der Waals surface area contributed by atoms with Crippen molar-refractivity contribution in [3.05, 3.63) is 26.9 Å². The first-order valence-corrected chi connectivity index (χ1v) is 7.40. The molecule has 0 radical (unpaired) electrons. The Kier molecular flexibility index (Phi) is 5.19. The highest BCUT2D eigenvalue weighted by Gasteiger charge is 2.19. The molecule has 118 valence electrons. The molecule has 0 aliphatic carbocycles.